The standard InChI is InChI=1S/C27H36N4O7S/c1-15(2)11-20(28)24(34)31-23(14-39)26(36)29-21(12-16-3-7-18(32)8-4-16)25(35)30-22(27(37)38)13-17-5-9-19(33)10-6-17/h3-10,15,20-23,32-33,39H,11-14,28H2,1-2H3,(H,29,36)(H,30,35)(H,31,34)(H,37,38). The van der Waals surface area contributed by atoms with Crippen LogP contribution in [0.5, 0.6) is 11.5 Å². The fourth-order valence-electron chi connectivity index (χ4n) is 3.78. The van der Waals surface area contributed by atoms with Gasteiger partial charge in [-0.05, 0) is 47.7 Å². The van der Waals surface area contributed by atoms with E-state index in [0.717, 1.165) is 0 Å². The molecule has 3 amide bonds. The fourth-order valence-corrected chi connectivity index (χ4v) is 4.03. The SMILES string of the molecule is CC(C)CC(N)C(=O)NC(CS)C(=O)NC(Cc1ccc(O)cc1)C(=O)NC(Cc1ccc(O)cc1)C(=O)O. The van der Waals surface area contributed by atoms with Gasteiger partial charge in [-0.15, -0.1) is 0 Å². The van der Waals surface area contributed by atoms with Crippen molar-refractivity contribution >= 4 is 36.3 Å². The molecule has 0 heterocycles. The van der Waals surface area contributed by atoms with Crippen molar-refractivity contribution in [1.82, 2.24) is 16.0 Å². The first-order valence-corrected chi connectivity index (χ1v) is 13.1. The number of nitrogens with one attached hydrogen (secondary N) is 3. The monoisotopic (exact) mass is 560 g/mol. The van der Waals surface area contributed by atoms with E-state index >= 15 is 0 Å². The van der Waals surface area contributed by atoms with Crippen LogP contribution in [0.25, 0.3) is 0 Å². The molecule has 8 N–H and O–H groups in total. The highest BCUT2D eigenvalue weighted by Crippen LogP contribution is 2.14. The normalized spacial score (nSPS) is 14.1. The second kappa shape index (κ2) is 15.0. The number of phenols is 2. The summed E-state index contributed by atoms with van der Waals surface area (Å²) in [7, 11) is 0. The van der Waals surface area contributed by atoms with Crippen LogP contribution in [0.4, 0.5) is 0 Å². The first-order valence-electron chi connectivity index (χ1n) is 12.5. The molecular weight excluding hydrogens is 524 g/mol. The Morgan fingerprint density at radius 2 is 1.15 bits per heavy atom. The molecule has 2 aromatic carbocycles. The molecule has 2 rings (SSSR count). The summed E-state index contributed by atoms with van der Waals surface area (Å²) in [6.45, 7) is 3.82. The molecule has 0 aliphatic rings. The van der Waals surface area contributed by atoms with Crippen LogP contribution >= 0.6 is 12.6 Å². The number of benzene rings is 2. The van der Waals surface area contributed by atoms with Crippen molar-refractivity contribution in [3.05, 3.63) is 59.7 Å². The smallest absolute Gasteiger partial charge is 0.326 e. The Morgan fingerprint density at radius 1 is 0.744 bits per heavy atom. The van der Waals surface area contributed by atoms with Crippen LogP contribution in [-0.4, -0.2) is 68.9 Å². The van der Waals surface area contributed by atoms with Crippen molar-refractivity contribution < 1.29 is 34.5 Å². The summed E-state index contributed by atoms with van der Waals surface area (Å²) in [5, 5.41) is 36.4. The Labute approximate surface area is 232 Å². The lowest BCUT2D eigenvalue weighted by atomic mass is 10.0. The minimum Gasteiger partial charge on any atom is -0.508 e. The molecule has 212 valence electrons. The van der Waals surface area contributed by atoms with E-state index in [0.29, 0.717) is 17.5 Å². The van der Waals surface area contributed by atoms with Crippen molar-refractivity contribution in [2.24, 2.45) is 11.7 Å². The maximum atomic E-state index is 13.3. The molecule has 0 spiro atoms. The minimum absolute atomic E-state index is 0.0132. The molecule has 39 heavy (non-hydrogen) atoms. The van der Waals surface area contributed by atoms with E-state index < -0.39 is 47.9 Å². The maximum Gasteiger partial charge on any atom is 0.326 e. The molecule has 11 nitrogen and oxygen atoms in total. The third-order valence-electron chi connectivity index (χ3n) is 5.88. The molecule has 4 atom stereocenters. The predicted octanol–water partition coefficient (Wildman–Crippen LogP) is 0.725. The van der Waals surface area contributed by atoms with Gasteiger partial charge in [-0.3, -0.25) is 14.4 Å². The zero-order chi connectivity index (χ0) is 29.1. The second-order valence-corrected chi connectivity index (χ2v) is 10.0. The van der Waals surface area contributed by atoms with Gasteiger partial charge in [0.25, 0.3) is 0 Å². The molecule has 0 aliphatic heterocycles. The third kappa shape index (κ3) is 10.5. The Hall–Kier alpha value is -3.77. The molecule has 12 heteroatoms. The van der Waals surface area contributed by atoms with Gasteiger partial charge >= 0.3 is 5.97 Å². The van der Waals surface area contributed by atoms with Crippen molar-refractivity contribution in [2.45, 2.75) is 57.3 Å². The van der Waals surface area contributed by atoms with E-state index in [9.17, 15) is 34.5 Å². The first-order chi connectivity index (χ1) is 18.4. The van der Waals surface area contributed by atoms with Gasteiger partial charge in [0, 0.05) is 18.6 Å². The highest BCUT2D eigenvalue weighted by molar-refractivity contribution is 7.80. The molecule has 0 saturated heterocycles. The maximum absolute atomic E-state index is 13.3. The zero-order valence-electron chi connectivity index (χ0n) is 21.8. The van der Waals surface area contributed by atoms with Gasteiger partial charge in [0.05, 0.1) is 6.04 Å². The molecule has 2 aromatic rings. The van der Waals surface area contributed by atoms with E-state index in [4.69, 9.17) is 5.73 Å². The van der Waals surface area contributed by atoms with E-state index in [1.807, 2.05) is 13.8 Å². The largest absolute Gasteiger partial charge is 0.508 e. The van der Waals surface area contributed by atoms with Crippen LogP contribution in [0, 0.1) is 5.92 Å². The number of hydrogen-bond donors (Lipinski definition) is 8. The fraction of sp³-hybridized carbons (Fsp3) is 0.407. The number of amides is 3. The Kier molecular flexibility index (Phi) is 12.1. The molecule has 0 bridgehead atoms. The first kappa shape index (κ1) is 31.4. The lowest BCUT2D eigenvalue weighted by Crippen LogP contribution is -2.58. The van der Waals surface area contributed by atoms with Crippen molar-refractivity contribution in [2.75, 3.05) is 5.75 Å². The number of hydrogen-bond acceptors (Lipinski definition) is 8. The Bertz CT molecular complexity index is 1130. The number of thiol groups is 1. The number of carbonyl (C=O) groups is 4. The van der Waals surface area contributed by atoms with Crippen LogP contribution in [0.3, 0.4) is 0 Å². The van der Waals surface area contributed by atoms with E-state index in [-0.39, 0.29) is 36.0 Å². The zero-order valence-corrected chi connectivity index (χ0v) is 22.7. The predicted molar refractivity (Wildman–Crippen MR) is 148 cm³/mol. The van der Waals surface area contributed by atoms with Crippen LogP contribution in [0.2, 0.25) is 0 Å². The topological polar surface area (TPSA) is 191 Å². The summed E-state index contributed by atoms with van der Waals surface area (Å²) in [6, 6.07) is 7.40. The van der Waals surface area contributed by atoms with E-state index in [1.54, 1.807) is 12.1 Å². The summed E-state index contributed by atoms with van der Waals surface area (Å²) in [5.41, 5.74) is 7.07. The number of aliphatic carboxylic acids is 1. The number of aromatic hydroxyl groups is 2. The van der Waals surface area contributed by atoms with Crippen LogP contribution in [-0.2, 0) is 32.0 Å². The second-order valence-electron chi connectivity index (χ2n) is 9.68. The summed E-state index contributed by atoms with van der Waals surface area (Å²) < 4.78 is 0. The van der Waals surface area contributed by atoms with Crippen molar-refractivity contribution in [1.29, 1.82) is 0 Å². The molecule has 0 radical (unpaired) electrons. The van der Waals surface area contributed by atoms with E-state index in [1.165, 1.54) is 36.4 Å². The number of nitrogens with two attached hydrogens (primary N) is 1. The van der Waals surface area contributed by atoms with Gasteiger partial charge in [-0.25, -0.2) is 4.79 Å². The number of carbonyl (C=O) groups excluding carboxylic acids is 3. The number of rotatable bonds is 14. The van der Waals surface area contributed by atoms with E-state index in [2.05, 4.69) is 28.6 Å². The summed E-state index contributed by atoms with van der Waals surface area (Å²) in [6.07, 6.45) is 0.323. The van der Waals surface area contributed by atoms with Gasteiger partial charge < -0.3 is 37.0 Å². The molecule has 0 aliphatic carbocycles. The van der Waals surface area contributed by atoms with Gasteiger partial charge in [-0.2, -0.15) is 12.6 Å². The average molecular weight is 561 g/mol. The van der Waals surface area contributed by atoms with Gasteiger partial charge in [0.15, 0.2) is 0 Å². The van der Waals surface area contributed by atoms with Crippen LogP contribution < -0.4 is 21.7 Å². The van der Waals surface area contributed by atoms with Gasteiger partial charge in [0.2, 0.25) is 17.7 Å². The average Bonchev–Trinajstić information content (AvgIpc) is 2.88. The summed E-state index contributed by atoms with van der Waals surface area (Å²) >= 11 is 4.16. The quantitative estimate of drug-likeness (QED) is 0.155. The van der Waals surface area contributed by atoms with Crippen LogP contribution in [0.1, 0.15) is 31.4 Å². The molecular formula is C27H36N4O7S. The van der Waals surface area contributed by atoms with Crippen molar-refractivity contribution in [3.63, 3.8) is 0 Å². The minimum atomic E-state index is -1.32. The summed E-state index contributed by atoms with van der Waals surface area (Å²) in [4.78, 5) is 50.7. The number of carboxylic acid groups (broad SMARTS) is 1. The molecule has 0 aromatic heterocycles. The van der Waals surface area contributed by atoms with Gasteiger partial charge in [-0.1, -0.05) is 38.1 Å². The Balaban J connectivity index is 2.21. The third-order valence-corrected chi connectivity index (χ3v) is 6.24. The highest BCUT2D eigenvalue weighted by atomic mass is 32.1. The molecule has 4 unspecified atom stereocenters. The highest BCUT2D eigenvalue weighted by Gasteiger charge is 2.30. The van der Waals surface area contributed by atoms with Crippen LogP contribution in [0.15, 0.2) is 48.5 Å². The molecule has 0 saturated carbocycles. The lowest BCUT2D eigenvalue weighted by Gasteiger charge is -2.25. The summed E-state index contributed by atoms with van der Waals surface area (Å²) in [5.74, 6) is -3.15. The number of carboxylic acids is 1. The lowest BCUT2D eigenvalue weighted by molar-refractivity contribution is -0.142. The Morgan fingerprint density at radius 3 is 1.59 bits per heavy atom. The molecule has 0 fully saturated rings. The van der Waals surface area contributed by atoms with Gasteiger partial charge in [0.1, 0.15) is 29.6 Å². The number of phenolic OH excluding ortho intramolecular Hbond substituents is 2. The van der Waals surface area contributed by atoms with Crippen molar-refractivity contribution in [3.8, 4) is 11.5 Å².